The molecule has 1 N–H and O–H groups in total. The standard InChI is InChI=1S/C17H24N4O4/c1-15-8-16(9-15,17(25-15)10-24-11-17)19-14(22)21-5-6-23-7-13(21)12-3-4-18-20(12)2/h3-4,13H,5-11H2,1-2H3,(H,19,22). The van der Waals surface area contributed by atoms with E-state index >= 15 is 0 Å². The Kier molecular flexibility index (Phi) is 3.09. The summed E-state index contributed by atoms with van der Waals surface area (Å²) in [5, 5.41) is 7.55. The number of amides is 2. The molecular formula is C17H24N4O4. The Balaban J connectivity index is 1.38. The Bertz CT molecular complexity index is 707. The van der Waals surface area contributed by atoms with Crippen LogP contribution >= 0.6 is 0 Å². The molecule has 0 radical (unpaired) electrons. The number of aryl methyl sites for hydroxylation is 1. The summed E-state index contributed by atoms with van der Waals surface area (Å²) >= 11 is 0. The number of nitrogens with zero attached hydrogens (tertiary/aromatic N) is 3. The molecule has 8 heteroatoms. The van der Waals surface area contributed by atoms with Crippen molar-refractivity contribution in [3.05, 3.63) is 18.0 Å². The van der Waals surface area contributed by atoms with Crippen LogP contribution in [0.5, 0.6) is 0 Å². The van der Waals surface area contributed by atoms with Crippen LogP contribution in [-0.2, 0) is 21.3 Å². The number of morpholine rings is 1. The Morgan fingerprint density at radius 2 is 2.16 bits per heavy atom. The van der Waals surface area contributed by atoms with Crippen molar-refractivity contribution >= 4 is 6.03 Å². The molecule has 2 bridgehead atoms. The summed E-state index contributed by atoms with van der Waals surface area (Å²) in [6.07, 6.45) is 3.47. The maximum absolute atomic E-state index is 13.2. The van der Waals surface area contributed by atoms with E-state index in [2.05, 4.69) is 17.3 Å². The third-order valence-electron chi connectivity index (χ3n) is 6.27. The minimum Gasteiger partial charge on any atom is -0.377 e. The first kappa shape index (κ1) is 15.6. The summed E-state index contributed by atoms with van der Waals surface area (Å²) in [5.41, 5.74) is 0.219. The number of nitrogens with one attached hydrogen (secondary N) is 1. The second-order valence-electron chi connectivity index (χ2n) is 8.07. The highest BCUT2D eigenvalue weighted by molar-refractivity contribution is 5.76. The highest BCUT2D eigenvalue weighted by Crippen LogP contribution is 2.62. The number of aromatic nitrogens is 2. The first-order valence-electron chi connectivity index (χ1n) is 8.88. The number of carbonyl (C=O) groups excluding carboxylic acids is 1. The molecule has 136 valence electrons. The van der Waals surface area contributed by atoms with Crippen molar-refractivity contribution in [1.82, 2.24) is 20.0 Å². The summed E-state index contributed by atoms with van der Waals surface area (Å²) in [7, 11) is 1.89. The van der Waals surface area contributed by atoms with Gasteiger partial charge in [-0.15, -0.1) is 0 Å². The fraction of sp³-hybridized carbons (Fsp3) is 0.765. The molecule has 1 saturated carbocycles. The predicted molar refractivity (Wildman–Crippen MR) is 87.0 cm³/mol. The predicted octanol–water partition coefficient (Wildman–Crippen LogP) is 0.594. The highest BCUT2D eigenvalue weighted by Gasteiger charge is 2.76. The van der Waals surface area contributed by atoms with Crippen molar-refractivity contribution in [1.29, 1.82) is 0 Å². The van der Waals surface area contributed by atoms with E-state index < -0.39 is 0 Å². The zero-order valence-electron chi connectivity index (χ0n) is 14.7. The molecular weight excluding hydrogens is 324 g/mol. The van der Waals surface area contributed by atoms with E-state index in [4.69, 9.17) is 14.2 Å². The smallest absolute Gasteiger partial charge is 0.318 e. The van der Waals surface area contributed by atoms with Gasteiger partial charge in [0.05, 0.1) is 49.3 Å². The maximum Gasteiger partial charge on any atom is 0.318 e. The SMILES string of the molecule is Cn1nccc1C1COCCN1C(=O)NC12CC(C)(C1)OC21COC1. The molecule has 0 aromatic carbocycles. The second kappa shape index (κ2) is 4.96. The number of urea groups is 1. The molecule has 1 aliphatic carbocycles. The minimum atomic E-state index is -0.342. The van der Waals surface area contributed by atoms with E-state index in [1.807, 2.05) is 18.0 Å². The van der Waals surface area contributed by atoms with Gasteiger partial charge in [-0.2, -0.15) is 5.10 Å². The van der Waals surface area contributed by atoms with Crippen LogP contribution in [0.1, 0.15) is 31.5 Å². The largest absolute Gasteiger partial charge is 0.377 e. The molecule has 5 fully saturated rings. The normalized spacial score (nSPS) is 38.3. The summed E-state index contributed by atoms with van der Waals surface area (Å²) in [6.45, 7) is 4.87. The molecule has 4 aliphatic heterocycles. The maximum atomic E-state index is 13.2. The van der Waals surface area contributed by atoms with Gasteiger partial charge in [0.25, 0.3) is 0 Å². The molecule has 5 heterocycles. The van der Waals surface area contributed by atoms with Crippen LogP contribution < -0.4 is 5.32 Å². The highest BCUT2D eigenvalue weighted by atomic mass is 16.6. The lowest BCUT2D eigenvalue weighted by Crippen LogP contribution is -2.72. The van der Waals surface area contributed by atoms with Crippen LogP contribution in [0.2, 0.25) is 0 Å². The Labute approximate surface area is 146 Å². The van der Waals surface area contributed by atoms with Crippen molar-refractivity contribution in [3.63, 3.8) is 0 Å². The van der Waals surface area contributed by atoms with Gasteiger partial charge in [-0.3, -0.25) is 4.68 Å². The fourth-order valence-corrected chi connectivity index (χ4v) is 5.09. The van der Waals surface area contributed by atoms with Crippen LogP contribution in [0.3, 0.4) is 0 Å². The third-order valence-corrected chi connectivity index (χ3v) is 6.27. The molecule has 8 nitrogen and oxygen atoms in total. The van der Waals surface area contributed by atoms with E-state index in [9.17, 15) is 4.79 Å². The first-order valence-corrected chi connectivity index (χ1v) is 8.88. The summed E-state index contributed by atoms with van der Waals surface area (Å²) in [5.74, 6) is 0. The van der Waals surface area contributed by atoms with Gasteiger partial charge in [-0.05, 0) is 13.0 Å². The molecule has 4 saturated heterocycles. The zero-order chi connectivity index (χ0) is 17.3. The van der Waals surface area contributed by atoms with Crippen molar-refractivity contribution in [2.75, 3.05) is 33.0 Å². The Morgan fingerprint density at radius 1 is 1.36 bits per heavy atom. The average Bonchev–Trinajstić information content (AvgIpc) is 3.13. The first-order chi connectivity index (χ1) is 12.0. The molecule has 1 aromatic heterocycles. The van der Waals surface area contributed by atoms with Gasteiger partial charge in [-0.1, -0.05) is 0 Å². The molecule has 1 aromatic rings. The van der Waals surface area contributed by atoms with Crippen molar-refractivity contribution in [2.45, 2.75) is 42.5 Å². The lowest BCUT2D eigenvalue weighted by molar-refractivity contribution is -0.205. The van der Waals surface area contributed by atoms with Gasteiger partial charge in [0, 0.05) is 32.6 Å². The van der Waals surface area contributed by atoms with Crippen LogP contribution in [0.15, 0.2) is 12.3 Å². The Hall–Kier alpha value is -1.64. The molecule has 2 amide bonds. The third kappa shape index (κ3) is 2.04. The average molecular weight is 348 g/mol. The number of ether oxygens (including phenoxy) is 3. The van der Waals surface area contributed by atoms with Crippen LogP contribution in [0, 0.1) is 0 Å². The molecule has 25 heavy (non-hydrogen) atoms. The zero-order valence-corrected chi connectivity index (χ0v) is 14.7. The van der Waals surface area contributed by atoms with Crippen LogP contribution in [0.25, 0.3) is 0 Å². The Morgan fingerprint density at radius 3 is 2.80 bits per heavy atom. The molecule has 1 spiro atoms. The van der Waals surface area contributed by atoms with Crippen molar-refractivity contribution < 1.29 is 19.0 Å². The molecule has 1 unspecified atom stereocenters. The van der Waals surface area contributed by atoms with Gasteiger partial charge in [-0.25, -0.2) is 4.79 Å². The summed E-state index contributed by atoms with van der Waals surface area (Å²) in [4.78, 5) is 15.0. The number of hydrogen-bond acceptors (Lipinski definition) is 5. The number of carbonyl (C=O) groups is 1. The van der Waals surface area contributed by atoms with E-state index in [0.29, 0.717) is 33.0 Å². The number of rotatable bonds is 2. The molecule has 1 atom stereocenters. The quantitative estimate of drug-likeness (QED) is 0.847. The van der Waals surface area contributed by atoms with E-state index in [1.165, 1.54) is 0 Å². The topological polar surface area (TPSA) is 77.9 Å². The fourth-order valence-electron chi connectivity index (χ4n) is 5.09. The van der Waals surface area contributed by atoms with E-state index in [0.717, 1.165) is 18.5 Å². The molecule has 5 aliphatic rings. The van der Waals surface area contributed by atoms with Gasteiger partial charge in [0.2, 0.25) is 0 Å². The van der Waals surface area contributed by atoms with Gasteiger partial charge < -0.3 is 24.4 Å². The van der Waals surface area contributed by atoms with Crippen LogP contribution in [-0.4, -0.2) is 70.4 Å². The monoisotopic (exact) mass is 348 g/mol. The lowest BCUT2D eigenvalue weighted by atomic mass is 9.62. The van der Waals surface area contributed by atoms with Gasteiger partial charge in [0.1, 0.15) is 5.60 Å². The lowest BCUT2D eigenvalue weighted by Gasteiger charge is -2.51. The van der Waals surface area contributed by atoms with Crippen molar-refractivity contribution in [3.8, 4) is 0 Å². The van der Waals surface area contributed by atoms with Crippen LogP contribution in [0.4, 0.5) is 4.79 Å². The summed E-state index contributed by atoms with van der Waals surface area (Å²) in [6, 6.07) is 1.77. The van der Waals surface area contributed by atoms with Gasteiger partial charge in [0.15, 0.2) is 0 Å². The van der Waals surface area contributed by atoms with Crippen molar-refractivity contribution in [2.24, 2.45) is 7.05 Å². The van der Waals surface area contributed by atoms with Gasteiger partial charge >= 0.3 is 6.03 Å². The second-order valence-corrected chi connectivity index (χ2v) is 8.07. The van der Waals surface area contributed by atoms with E-state index in [1.54, 1.807) is 10.9 Å². The summed E-state index contributed by atoms with van der Waals surface area (Å²) < 4.78 is 19.1. The number of hydrogen-bond donors (Lipinski definition) is 1. The van der Waals surface area contributed by atoms with E-state index in [-0.39, 0.29) is 28.8 Å². The minimum absolute atomic E-state index is 0.0478. The molecule has 6 rings (SSSR count).